The first kappa shape index (κ1) is 16.8. The Morgan fingerprint density at radius 3 is 2.18 bits per heavy atom. The summed E-state index contributed by atoms with van der Waals surface area (Å²) in [4.78, 5) is 0. The Kier molecular flexibility index (Phi) is 4.28. The smallest absolute Gasteiger partial charge is 0.265 e. The van der Waals surface area contributed by atoms with Crippen molar-refractivity contribution in [1.82, 2.24) is 0 Å². The average Bonchev–Trinajstić information content (AvgIpc) is 2.44. The van der Waals surface area contributed by atoms with Crippen molar-refractivity contribution in [3.8, 4) is 0 Å². The van der Waals surface area contributed by atoms with Crippen LogP contribution in [0.4, 0.5) is 8.78 Å². The molecule has 0 N–H and O–H groups in total. The third-order valence-electron chi connectivity index (χ3n) is 3.05. The molecule has 0 saturated carbocycles. The number of alkyl halides is 2. The van der Waals surface area contributed by atoms with Gasteiger partial charge in [-0.25, -0.2) is 0 Å². The summed E-state index contributed by atoms with van der Waals surface area (Å²) < 4.78 is 56.9. The minimum absolute atomic E-state index is 0.307. The van der Waals surface area contributed by atoms with Gasteiger partial charge in [0.2, 0.25) is 0 Å². The molecule has 0 aliphatic heterocycles. The van der Waals surface area contributed by atoms with E-state index in [1.165, 1.54) is 12.1 Å². The minimum atomic E-state index is -5.05. The molecule has 0 spiro atoms. The van der Waals surface area contributed by atoms with Crippen molar-refractivity contribution in [2.24, 2.45) is 5.41 Å². The molecule has 0 unspecified atom stereocenters. The molecule has 0 aliphatic carbocycles. The maximum Gasteiger partial charge on any atom is 0.395 e. The fourth-order valence-electron chi connectivity index (χ4n) is 1.84. The Hall–Kier alpha value is -1.53. The Morgan fingerprint density at radius 1 is 1.00 bits per heavy atom. The number of benzene rings is 2. The number of halogens is 2. The van der Waals surface area contributed by atoms with Crippen LogP contribution in [0.3, 0.4) is 0 Å². The molecule has 3 nitrogen and oxygen atoms in total. The second-order valence-electron chi connectivity index (χ2n) is 6.36. The molecule has 120 valence electrons. The molecule has 0 saturated heterocycles. The van der Waals surface area contributed by atoms with Crippen LogP contribution in [-0.2, 0) is 19.6 Å². The lowest BCUT2D eigenvalue weighted by molar-refractivity contribution is 0.0645. The van der Waals surface area contributed by atoms with Gasteiger partial charge in [-0.1, -0.05) is 57.2 Å². The van der Waals surface area contributed by atoms with Crippen LogP contribution < -0.4 is 0 Å². The van der Waals surface area contributed by atoms with Crippen molar-refractivity contribution in [1.29, 1.82) is 0 Å². The van der Waals surface area contributed by atoms with Gasteiger partial charge in [0.15, 0.2) is 0 Å². The summed E-state index contributed by atoms with van der Waals surface area (Å²) in [5.74, 6) is 0. The van der Waals surface area contributed by atoms with E-state index in [4.69, 9.17) is 0 Å². The molecular weight excluding hydrogens is 310 g/mol. The average molecular weight is 328 g/mol. The lowest BCUT2D eigenvalue weighted by Crippen LogP contribution is -2.31. The molecule has 2 rings (SSSR count). The lowest BCUT2D eigenvalue weighted by Gasteiger charge is -2.22. The van der Waals surface area contributed by atoms with Crippen LogP contribution >= 0.6 is 0 Å². The van der Waals surface area contributed by atoms with Crippen LogP contribution in [0.1, 0.15) is 26.3 Å². The van der Waals surface area contributed by atoms with Gasteiger partial charge in [0.25, 0.3) is 0 Å². The van der Waals surface area contributed by atoms with Gasteiger partial charge in [0.1, 0.15) is 0 Å². The first-order valence-corrected chi connectivity index (χ1v) is 8.20. The standard InChI is InChI=1S/C16H18F2O3S/c1-15(2,3)11-21-22(19,20)16(17,18)14-9-8-12-6-4-5-7-13(12)10-14/h4-10H,11H2,1-3H3. The number of rotatable bonds is 4. The Balaban J connectivity index is 2.38. The SMILES string of the molecule is CC(C)(C)COS(=O)(=O)C(F)(F)c1ccc2ccccc2c1. The highest BCUT2D eigenvalue weighted by molar-refractivity contribution is 7.87. The highest BCUT2D eigenvalue weighted by Crippen LogP contribution is 2.37. The number of hydrogen-bond acceptors (Lipinski definition) is 3. The highest BCUT2D eigenvalue weighted by Gasteiger charge is 2.48. The normalized spacial score (nSPS) is 13.5. The zero-order valence-corrected chi connectivity index (χ0v) is 13.5. The number of fused-ring (bicyclic) bond motifs is 1. The summed E-state index contributed by atoms with van der Waals surface area (Å²) in [6.45, 7) is 4.81. The first-order chi connectivity index (χ1) is 10.0. The molecule has 6 heteroatoms. The molecule has 2 aromatic carbocycles. The van der Waals surface area contributed by atoms with Crippen LogP contribution in [-0.4, -0.2) is 15.0 Å². The van der Waals surface area contributed by atoms with E-state index in [2.05, 4.69) is 4.18 Å². The fraction of sp³-hybridized carbons (Fsp3) is 0.375. The van der Waals surface area contributed by atoms with Crippen LogP contribution in [0.2, 0.25) is 0 Å². The molecule has 0 fully saturated rings. The summed E-state index contributed by atoms with van der Waals surface area (Å²) in [6, 6.07) is 10.7. The molecule has 0 bridgehead atoms. The fourth-order valence-corrected chi connectivity index (χ4v) is 2.92. The molecule has 0 atom stereocenters. The largest absolute Gasteiger partial charge is 0.395 e. The Bertz CT molecular complexity index is 777. The molecule has 0 radical (unpaired) electrons. The van der Waals surface area contributed by atoms with Gasteiger partial charge in [0.05, 0.1) is 6.61 Å². The van der Waals surface area contributed by atoms with E-state index < -0.39 is 26.4 Å². The van der Waals surface area contributed by atoms with E-state index in [1.807, 2.05) is 0 Å². The highest BCUT2D eigenvalue weighted by atomic mass is 32.2. The quantitative estimate of drug-likeness (QED) is 0.787. The monoisotopic (exact) mass is 328 g/mol. The third-order valence-corrected chi connectivity index (χ3v) is 4.34. The molecule has 2 aromatic rings. The Labute approximate surface area is 129 Å². The van der Waals surface area contributed by atoms with Crippen LogP contribution in [0.25, 0.3) is 10.8 Å². The van der Waals surface area contributed by atoms with Gasteiger partial charge in [-0.2, -0.15) is 17.2 Å². The number of hydrogen-bond donors (Lipinski definition) is 0. The van der Waals surface area contributed by atoms with Crippen molar-refractivity contribution in [3.05, 3.63) is 48.0 Å². The summed E-state index contributed by atoms with van der Waals surface area (Å²) in [5, 5.41) is -2.79. The van der Waals surface area contributed by atoms with Crippen LogP contribution in [0, 0.1) is 5.41 Å². The second kappa shape index (κ2) is 5.59. The van der Waals surface area contributed by atoms with E-state index in [0.29, 0.717) is 5.39 Å². The molecule has 0 aliphatic rings. The van der Waals surface area contributed by atoms with Crippen molar-refractivity contribution in [2.45, 2.75) is 26.0 Å². The van der Waals surface area contributed by atoms with E-state index >= 15 is 0 Å². The molecule has 22 heavy (non-hydrogen) atoms. The van der Waals surface area contributed by atoms with Crippen molar-refractivity contribution in [3.63, 3.8) is 0 Å². The van der Waals surface area contributed by atoms with E-state index in [0.717, 1.165) is 11.5 Å². The molecule has 0 amide bonds. The third kappa shape index (κ3) is 3.44. The van der Waals surface area contributed by atoms with Gasteiger partial charge < -0.3 is 0 Å². The zero-order chi connectivity index (χ0) is 16.6. The summed E-state index contributed by atoms with van der Waals surface area (Å²) in [6.07, 6.45) is 0. The van der Waals surface area contributed by atoms with Gasteiger partial charge in [-0.15, -0.1) is 0 Å². The maximum atomic E-state index is 14.3. The van der Waals surface area contributed by atoms with Crippen LogP contribution in [0.15, 0.2) is 42.5 Å². The second-order valence-corrected chi connectivity index (χ2v) is 8.01. The lowest BCUT2D eigenvalue weighted by atomic mass is 9.99. The minimum Gasteiger partial charge on any atom is -0.265 e. The topological polar surface area (TPSA) is 43.4 Å². The summed E-state index contributed by atoms with van der Waals surface area (Å²) in [7, 11) is -5.05. The predicted molar refractivity (Wildman–Crippen MR) is 82.2 cm³/mol. The van der Waals surface area contributed by atoms with Crippen molar-refractivity contribution < 1.29 is 21.4 Å². The van der Waals surface area contributed by atoms with Crippen molar-refractivity contribution >= 4 is 20.9 Å². The molecule has 0 heterocycles. The van der Waals surface area contributed by atoms with E-state index in [1.54, 1.807) is 45.0 Å². The summed E-state index contributed by atoms with van der Waals surface area (Å²) in [5.41, 5.74) is -1.13. The Morgan fingerprint density at radius 2 is 1.59 bits per heavy atom. The first-order valence-electron chi connectivity index (χ1n) is 6.79. The van der Waals surface area contributed by atoms with Gasteiger partial charge in [-0.05, 0) is 22.3 Å². The van der Waals surface area contributed by atoms with Crippen molar-refractivity contribution in [2.75, 3.05) is 6.61 Å². The van der Waals surface area contributed by atoms with Gasteiger partial charge in [0, 0.05) is 5.56 Å². The zero-order valence-electron chi connectivity index (χ0n) is 12.6. The van der Waals surface area contributed by atoms with Crippen LogP contribution in [0.5, 0.6) is 0 Å². The summed E-state index contributed by atoms with van der Waals surface area (Å²) >= 11 is 0. The molecular formula is C16H18F2O3S. The molecule has 0 aromatic heterocycles. The maximum absolute atomic E-state index is 14.3. The van der Waals surface area contributed by atoms with Gasteiger partial charge in [-0.3, -0.25) is 4.18 Å². The predicted octanol–water partition coefficient (Wildman–Crippen LogP) is 4.28. The van der Waals surface area contributed by atoms with Gasteiger partial charge >= 0.3 is 15.4 Å². The van der Waals surface area contributed by atoms with E-state index in [9.17, 15) is 17.2 Å². The van der Waals surface area contributed by atoms with E-state index in [-0.39, 0.29) is 6.61 Å².